The number of nitrogens with one attached hydrogen (secondary N) is 2. The first-order valence-electron chi connectivity index (χ1n) is 7.39. The van der Waals surface area contributed by atoms with Gasteiger partial charge < -0.3 is 20.1 Å². The minimum atomic E-state index is 0. The number of likely N-dealkylation sites (tertiary alicyclic amines) is 1. The van der Waals surface area contributed by atoms with Gasteiger partial charge >= 0.3 is 0 Å². The Labute approximate surface area is 131 Å². The zero-order chi connectivity index (χ0) is 13.9. The number of carbonyl (C=O) groups excluding carboxylic acids is 1. The molecule has 0 radical (unpaired) electrons. The average Bonchev–Trinajstić information content (AvgIpc) is 3.04. The van der Waals surface area contributed by atoms with Gasteiger partial charge in [-0.1, -0.05) is 5.16 Å². The molecular weight excluding hydrogens is 292 g/mol. The van der Waals surface area contributed by atoms with Gasteiger partial charge in [0.2, 0.25) is 5.91 Å². The molecule has 118 valence electrons. The molecule has 2 fully saturated rings. The van der Waals surface area contributed by atoms with Crippen LogP contribution in [0.2, 0.25) is 0 Å². The van der Waals surface area contributed by atoms with Gasteiger partial charge in [0.1, 0.15) is 5.76 Å². The van der Waals surface area contributed by atoms with Crippen molar-refractivity contribution in [1.29, 1.82) is 0 Å². The molecule has 3 rings (SSSR count). The van der Waals surface area contributed by atoms with E-state index >= 15 is 0 Å². The maximum Gasteiger partial charge on any atom is 0.226 e. The van der Waals surface area contributed by atoms with Crippen molar-refractivity contribution in [3.63, 3.8) is 0 Å². The summed E-state index contributed by atoms with van der Waals surface area (Å²) >= 11 is 0. The van der Waals surface area contributed by atoms with Crippen LogP contribution in [-0.2, 0) is 4.79 Å². The Morgan fingerprint density at radius 2 is 2.43 bits per heavy atom. The van der Waals surface area contributed by atoms with Crippen molar-refractivity contribution in [2.24, 2.45) is 5.92 Å². The predicted molar refractivity (Wildman–Crippen MR) is 82.7 cm³/mol. The molecule has 0 aromatic carbocycles. The summed E-state index contributed by atoms with van der Waals surface area (Å²) in [4.78, 5) is 14.3. The van der Waals surface area contributed by atoms with Gasteiger partial charge in [0.05, 0.1) is 0 Å². The fraction of sp³-hybridized carbons (Fsp3) is 0.714. The first-order valence-corrected chi connectivity index (χ1v) is 7.39. The van der Waals surface area contributed by atoms with Crippen LogP contribution in [0, 0.1) is 12.8 Å². The van der Waals surface area contributed by atoms with E-state index in [0.717, 1.165) is 32.1 Å². The summed E-state index contributed by atoms with van der Waals surface area (Å²) in [7, 11) is 0. The van der Waals surface area contributed by atoms with E-state index in [4.69, 9.17) is 4.52 Å². The molecule has 0 bridgehead atoms. The highest BCUT2D eigenvalue weighted by Gasteiger charge is 2.32. The first-order chi connectivity index (χ1) is 9.70. The number of hydrogen-bond acceptors (Lipinski definition) is 5. The van der Waals surface area contributed by atoms with E-state index in [0.29, 0.717) is 24.0 Å². The van der Waals surface area contributed by atoms with Gasteiger partial charge in [0, 0.05) is 31.6 Å². The Hall–Kier alpha value is -1.11. The smallest absolute Gasteiger partial charge is 0.226 e. The molecule has 3 heterocycles. The van der Waals surface area contributed by atoms with Crippen molar-refractivity contribution < 1.29 is 9.32 Å². The van der Waals surface area contributed by atoms with Crippen LogP contribution >= 0.6 is 12.4 Å². The number of piperidine rings is 1. The molecule has 0 spiro atoms. The van der Waals surface area contributed by atoms with Gasteiger partial charge in [-0.15, -0.1) is 12.4 Å². The molecular formula is C14H23ClN4O2. The molecule has 2 aliphatic rings. The number of amides is 1. The lowest BCUT2D eigenvalue weighted by Gasteiger charge is -2.34. The molecule has 2 aliphatic heterocycles. The fourth-order valence-corrected chi connectivity index (χ4v) is 3.22. The minimum Gasteiger partial charge on any atom is -0.360 e. The SMILES string of the molecule is Cc1cc(NC(=O)CCN2CCC3NCCC3C2)no1.Cl. The van der Waals surface area contributed by atoms with Crippen LogP contribution in [0.5, 0.6) is 0 Å². The van der Waals surface area contributed by atoms with E-state index in [9.17, 15) is 4.79 Å². The van der Waals surface area contributed by atoms with Crippen molar-refractivity contribution in [2.45, 2.75) is 32.2 Å². The highest BCUT2D eigenvalue weighted by molar-refractivity contribution is 5.89. The molecule has 2 atom stereocenters. The maximum atomic E-state index is 11.9. The lowest BCUT2D eigenvalue weighted by molar-refractivity contribution is -0.116. The lowest BCUT2D eigenvalue weighted by Crippen LogP contribution is -2.45. The number of anilines is 1. The number of aryl methyl sites for hydroxylation is 1. The van der Waals surface area contributed by atoms with Crippen LogP contribution in [0.15, 0.2) is 10.6 Å². The zero-order valence-electron chi connectivity index (χ0n) is 12.3. The van der Waals surface area contributed by atoms with E-state index in [2.05, 4.69) is 20.7 Å². The van der Waals surface area contributed by atoms with E-state index in [1.807, 2.05) is 6.92 Å². The van der Waals surface area contributed by atoms with Crippen molar-refractivity contribution in [1.82, 2.24) is 15.4 Å². The number of nitrogens with zero attached hydrogens (tertiary/aromatic N) is 2. The molecule has 0 aliphatic carbocycles. The Morgan fingerprint density at radius 3 is 3.19 bits per heavy atom. The fourth-order valence-electron chi connectivity index (χ4n) is 3.22. The number of fused-ring (bicyclic) bond motifs is 1. The van der Waals surface area contributed by atoms with Crippen LogP contribution in [0.1, 0.15) is 25.0 Å². The second-order valence-corrected chi connectivity index (χ2v) is 5.82. The number of aromatic nitrogens is 1. The molecule has 1 aromatic heterocycles. The number of rotatable bonds is 4. The normalized spacial score (nSPS) is 25.2. The van der Waals surface area contributed by atoms with Crippen molar-refractivity contribution in [3.8, 4) is 0 Å². The first kappa shape index (κ1) is 16.3. The van der Waals surface area contributed by atoms with Gasteiger partial charge in [-0.3, -0.25) is 4.79 Å². The number of carbonyl (C=O) groups is 1. The largest absolute Gasteiger partial charge is 0.360 e. The third-order valence-corrected chi connectivity index (χ3v) is 4.29. The third-order valence-electron chi connectivity index (χ3n) is 4.29. The molecule has 2 unspecified atom stereocenters. The topological polar surface area (TPSA) is 70.4 Å². The Morgan fingerprint density at radius 1 is 1.57 bits per heavy atom. The van der Waals surface area contributed by atoms with Gasteiger partial charge in [0.25, 0.3) is 0 Å². The maximum absolute atomic E-state index is 11.9. The van der Waals surface area contributed by atoms with Crippen LogP contribution < -0.4 is 10.6 Å². The van der Waals surface area contributed by atoms with E-state index in [1.165, 1.54) is 12.8 Å². The van der Waals surface area contributed by atoms with Crippen LogP contribution in [-0.4, -0.2) is 48.2 Å². The predicted octanol–water partition coefficient (Wildman–Crippen LogP) is 1.42. The summed E-state index contributed by atoms with van der Waals surface area (Å²) in [6.45, 7) is 5.99. The Kier molecular flexibility index (Phi) is 5.61. The highest BCUT2D eigenvalue weighted by Crippen LogP contribution is 2.24. The molecule has 7 heteroatoms. The molecule has 0 saturated carbocycles. The summed E-state index contributed by atoms with van der Waals surface area (Å²) in [6.07, 6.45) is 2.98. The van der Waals surface area contributed by atoms with Gasteiger partial charge in [0.15, 0.2) is 5.82 Å². The van der Waals surface area contributed by atoms with Crippen molar-refractivity contribution >= 4 is 24.1 Å². The van der Waals surface area contributed by atoms with Crippen LogP contribution in [0.3, 0.4) is 0 Å². The number of hydrogen-bond donors (Lipinski definition) is 2. The van der Waals surface area contributed by atoms with Crippen LogP contribution in [0.4, 0.5) is 5.82 Å². The molecule has 2 N–H and O–H groups in total. The summed E-state index contributed by atoms with van der Waals surface area (Å²) in [6, 6.07) is 2.44. The molecule has 1 amide bonds. The quantitative estimate of drug-likeness (QED) is 0.879. The summed E-state index contributed by atoms with van der Waals surface area (Å²) in [5, 5.41) is 10.1. The van der Waals surface area contributed by atoms with Crippen LogP contribution in [0.25, 0.3) is 0 Å². The molecule has 6 nitrogen and oxygen atoms in total. The summed E-state index contributed by atoms with van der Waals surface area (Å²) < 4.78 is 4.93. The summed E-state index contributed by atoms with van der Waals surface area (Å²) in [5.41, 5.74) is 0. The van der Waals surface area contributed by atoms with Crippen molar-refractivity contribution in [2.75, 3.05) is 31.5 Å². The third kappa shape index (κ3) is 4.18. The minimum absolute atomic E-state index is 0. The summed E-state index contributed by atoms with van der Waals surface area (Å²) in [5.74, 6) is 1.98. The van der Waals surface area contributed by atoms with E-state index in [1.54, 1.807) is 6.07 Å². The van der Waals surface area contributed by atoms with E-state index < -0.39 is 0 Å². The zero-order valence-corrected chi connectivity index (χ0v) is 13.1. The number of halogens is 1. The molecule has 21 heavy (non-hydrogen) atoms. The second kappa shape index (κ2) is 7.24. The Balaban J connectivity index is 0.00000161. The standard InChI is InChI=1S/C14H22N4O2.ClH/c1-10-8-13(17-20-10)16-14(19)4-7-18-6-3-12-11(9-18)2-5-15-12;/h8,11-12,15H,2-7,9H2,1H3,(H,16,17,19);1H. The monoisotopic (exact) mass is 314 g/mol. The van der Waals surface area contributed by atoms with Gasteiger partial charge in [-0.25, -0.2) is 0 Å². The average molecular weight is 315 g/mol. The van der Waals surface area contributed by atoms with E-state index in [-0.39, 0.29) is 18.3 Å². The van der Waals surface area contributed by atoms with Gasteiger partial charge in [-0.05, 0) is 38.8 Å². The van der Waals surface area contributed by atoms with Crippen molar-refractivity contribution in [3.05, 3.63) is 11.8 Å². The second-order valence-electron chi connectivity index (χ2n) is 5.82. The molecule has 2 saturated heterocycles. The van der Waals surface area contributed by atoms with Gasteiger partial charge in [-0.2, -0.15) is 0 Å². The highest BCUT2D eigenvalue weighted by atomic mass is 35.5. The lowest BCUT2D eigenvalue weighted by atomic mass is 9.93. The Bertz CT molecular complexity index is 479. The molecule has 1 aromatic rings.